The molecule has 0 spiro atoms. The maximum Gasteiger partial charge on any atom is 0.321 e. The largest absolute Gasteiger partial charge is 0.323 e. The summed E-state index contributed by atoms with van der Waals surface area (Å²) in [6.07, 6.45) is 0. The molecule has 0 aromatic heterocycles. The lowest BCUT2D eigenvalue weighted by atomic mass is 10.0. The number of nitrogens with one attached hydrogen (secondary N) is 1. The fraction of sp³-hybridized carbons (Fsp3) is 0.190. The summed E-state index contributed by atoms with van der Waals surface area (Å²) in [7, 11) is 1.09. The molecular weight excluding hydrogens is 374 g/mol. The maximum absolute atomic E-state index is 12.6. The molecule has 7 heteroatoms. The van der Waals surface area contributed by atoms with Crippen LogP contribution < -0.4 is 5.32 Å². The Labute approximate surface area is 165 Å². The third kappa shape index (κ3) is 4.16. The minimum Gasteiger partial charge on any atom is -0.323 e. The van der Waals surface area contributed by atoms with Crippen LogP contribution in [0.5, 0.6) is 0 Å². The molecule has 6 nitrogen and oxygen atoms in total. The molecule has 1 N–H and O–H groups in total. The smallest absolute Gasteiger partial charge is 0.321 e. The molecule has 0 unspecified atom stereocenters. The van der Waals surface area contributed by atoms with Gasteiger partial charge in [0, 0.05) is 33.4 Å². The molecule has 0 bridgehead atoms. The lowest BCUT2D eigenvalue weighted by molar-refractivity contribution is 0.221. The Morgan fingerprint density at radius 3 is 2.36 bits per heavy atom. The van der Waals surface area contributed by atoms with E-state index in [2.05, 4.69) is 5.32 Å². The van der Waals surface area contributed by atoms with Gasteiger partial charge < -0.3 is 10.2 Å². The van der Waals surface area contributed by atoms with Gasteiger partial charge in [-0.15, -0.1) is 0 Å². The predicted octanol–water partition coefficient (Wildman–Crippen LogP) is 3.75. The SMILES string of the molecule is CN(Cc1cccc2ccccc12)C(=O)Nc1cccc(S(=O)(=O)N(C)C)c1. The summed E-state index contributed by atoms with van der Waals surface area (Å²) in [6, 6.07) is 20.0. The molecule has 0 saturated carbocycles. The highest BCUT2D eigenvalue weighted by Crippen LogP contribution is 2.21. The van der Waals surface area contributed by atoms with Crippen molar-refractivity contribution in [2.24, 2.45) is 0 Å². The molecule has 0 saturated heterocycles. The number of hydrogen-bond acceptors (Lipinski definition) is 3. The highest BCUT2D eigenvalue weighted by atomic mass is 32.2. The Morgan fingerprint density at radius 2 is 1.61 bits per heavy atom. The van der Waals surface area contributed by atoms with Crippen LogP contribution in [-0.4, -0.2) is 44.8 Å². The molecule has 0 aliphatic carbocycles. The molecule has 28 heavy (non-hydrogen) atoms. The van der Waals surface area contributed by atoms with Crippen LogP contribution in [0.1, 0.15) is 5.56 Å². The average Bonchev–Trinajstić information content (AvgIpc) is 2.68. The molecule has 0 radical (unpaired) electrons. The van der Waals surface area contributed by atoms with E-state index in [9.17, 15) is 13.2 Å². The van der Waals surface area contributed by atoms with Gasteiger partial charge in [-0.3, -0.25) is 0 Å². The van der Waals surface area contributed by atoms with E-state index in [1.54, 1.807) is 24.1 Å². The van der Waals surface area contributed by atoms with Gasteiger partial charge in [-0.1, -0.05) is 48.5 Å². The highest BCUT2D eigenvalue weighted by molar-refractivity contribution is 7.89. The van der Waals surface area contributed by atoms with Gasteiger partial charge in [-0.05, 0) is 34.5 Å². The number of rotatable bonds is 5. The highest BCUT2D eigenvalue weighted by Gasteiger charge is 2.18. The number of fused-ring (bicyclic) bond motifs is 1. The number of anilines is 1. The molecular formula is C21H23N3O3S. The van der Waals surface area contributed by atoms with Crippen molar-refractivity contribution in [3.63, 3.8) is 0 Å². The van der Waals surface area contributed by atoms with Gasteiger partial charge in [-0.2, -0.15) is 0 Å². The van der Waals surface area contributed by atoms with Crippen molar-refractivity contribution in [2.75, 3.05) is 26.5 Å². The van der Waals surface area contributed by atoms with E-state index in [4.69, 9.17) is 0 Å². The predicted molar refractivity (Wildman–Crippen MR) is 112 cm³/mol. The second kappa shape index (κ2) is 8.00. The Balaban J connectivity index is 1.76. The third-order valence-corrected chi connectivity index (χ3v) is 6.31. The maximum atomic E-state index is 12.6. The van der Waals surface area contributed by atoms with E-state index in [1.807, 2.05) is 42.5 Å². The Hall–Kier alpha value is -2.90. The lowest BCUT2D eigenvalue weighted by Crippen LogP contribution is -2.31. The number of urea groups is 1. The fourth-order valence-corrected chi connectivity index (χ4v) is 3.87. The molecule has 3 aromatic carbocycles. The first-order valence-electron chi connectivity index (χ1n) is 8.80. The summed E-state index contributed by atoms with van der Waals surface area (Å²) in [5, 5.41) is 4.99. The Morgan fingerprint density at radius 1 is 0.929 bits per heavy atom. The van der Waals surface area contributed by atoms with Crippen molar-refractivity contribution in [1.29, 1.82) is 0 Å². The zero-order valence-electron chi connectivity index (χ0n) is 16.1. The van der Waals surface area contributed by atoms with Crippen molar-refractivity contribution < 1.29 is 13.2 Å². The summed E-state index contributed by atoms with van der Waals surface area (Å²) in [4.78, 5) is 14.3. The quantitative estimate of drug-likeness (QED) is 0.713. The van der Waals surface area contributed by atoms with Crippen LogP contribution >= 0.6 is 0 Å². The molecule has 0 heterocycles. The first-order chi connectivity index (χ1) is 13.3. The first kappa shape index (κ1) is 19.9. The molecule has 146 valence electrons. The number of sulfonamides is 1. The van der Waals surface area contributed by atoms with E-state index in [-0.39, 0.29) is 10.9 Å². The van der Waals surface area contributed by atoms with Crippen LogP contribution in [-0.2, 0) is 16.6 Å². The van der Waals surface area contributed by atoms with Gasteiger partial charge in [0.05, 0.1) is 4.90 Å². The monoisotopic (exact) mass is 397 g/mol. The standard InChI is InChI=1S/C21H23N3O3S/c1-23(2)28(26,27)19-12-7-11-18(14-19)22-21(25)24(3)15-17-10-6-9-16-8-4-5-13-20(16)17/h4-14H,15H2,1-3H3,(H,22,25). The number of carbonyl (C=O) groups excluding carboxylic acids is 1. The zero-order chi connectivity index (χ0) is 20.3. The molecule has 3 rings (SSSR count). The van der Waals surface area contributed by atoms with Gasteiger partial charge >= 0.3 is 6.03 Å². The van der Waals surface area contributed by atoms with Crippen LogP contribution in [0.2, 0.25) is 0 Å². The van der Waals surface area contributed by atoms with Gasteiger partial charge in [0.2, 0.25) is 10.0 Å². The van der Waals surface area contributed by atoms with Crippen LogP contribution in [0.3, 0.4) is 0 Å². The number of hydrogen-bond donors (Lipinski definition) is 1. The van der Waals surface area contributed by atoms with Crippen LogP contribution in [0.25, 0.3) is 10.8 Å². The van der Waals surface area contributed by atoms with E-state index in [1.165, 1.54) is 26.2 Å². The van der Waals surface area contributed by atoms with E-state index < -0.39 is 10.0 Å². The lowest BCUT2D eigenvalue weighted by Gasteiger charge is -2.19. The zero-order valence-corrected chi connectivity index (χ0v) is 16.9. The van der Waals surface area contributed by atoms with E-state index >= 15 is 0 Å². The topological polar surface area (TPSA) is 69.7 Å². The Kier molecular flexibility index (Phi) is 5.67. The number of carbonyl (C=O) groups is 1. The normalized spacial score (nSPS) is 11.6. The number of nitrogens with zero attached hydrogens (tertiary/aromatic N) is 2. The van der Waals surface area contributed by atoms with Crippen LogP contribution in [0.15, 0.2) is 71.6 Å². The fourth-order valence-electron chi connectivity index (χ4n) is 2.92. The van der Waals surface area contributed by atoms with Gasteiger partial charge in [0.15, 0.2) is 0 Å². The average molecular weight is 398 g/mol. The third-order valence-electron chi connectivity index (χ3n) is 4.50. The summed E-state index contributed by atoms with van der Waals surface area (Å²) < 4.78 is 25.7. The molecule has 0 aliphatic rings. The van der Waals surface area contributed by atoms with Crippen molar-refractivity contribution in [1.82, 2.24) is 9.21 Å². The van der Waals surface area contributed by atoms with Crippen molar-refractivity contribution >= 4 is 32.5 Å². The molecule has 2 amide bonds. The van der Waals surface area contributed by atoms with E-state index in [0.29, 0.717) is 12.2 Å². The van der Waals surface area contributed by atoms with Crippen molar-refractivity contribution in [3.8, 4) is 0 Å². The first-order valence-corrected chi connectivity index (χ1v) is 10.2. The second-order valence-electron chi connectivity index (χ2n) is 6.74. The second-order valence-corrected chi connectivity index (χ2v) is 8.89. The minimum absolute atomic E-state index is 0.131. The van der Waals surface area contributed by atoms with E-state index in [0.717, 1.165) is 20.6 Å². The summed E-state index contributed by atoms with van der Waals surface area (Å²) in [5.74, 6) is 0. The summed E-state index contributed by atoms with van der Waals surface area (Å²) >= 11 is 0. The number of amides is 2. The molecule has 0 aliphatic heterocycles. The Bertz CT molecular complexity index is 1110. The van der Waals surface area contributed by atoms with Gasteiger partial charge in [0.25, 0.3) is 0 Å². The summed E-state index contributed by atoms with van der Waals surface area (Å²) in [6.45, 7) is 0.433. The minimum atomic E-state index is -3.56. The molecule has 0 atom stereocenters. The van der Waals surface area contributed by atoms with Gasteiger partial charge in [-0.25, -0.2) is 17.5 Å². The van der Waals surface area contributed by atoms with Crippen LogP contribution in [0, 0.1) is 0 Å². The number of benzene rings is 3. The van der Waals surface area contributed by atoms with Crippen molar-refractivity contribution in [2.45, 2.75) is 11.4 Å². The van der Waals surface area contributed by atoms with Gasteiger partial charge in [0.1, 0.15) is 0 Å². The molecule has 0 fully saturated rings. The van der Waals surface area contributed by atoms with Crippen LogP contribution in [0.4, 0.5) is 10.5 Å². The molecule has 3 aromatic rings. The van der Waals surface area contributed by atoms with Crippen molar-refractivity contribution in [3.05, 3.63) is 72.3 Å². The summed E-state index contributed by atoms with van der Waals surface area (Å²) in [5.41, 5.74) is 1.47.